The number of benzene rings is 3. The number of rotatable bonds is 2. The highest BCUT2D eigenvalue weighted by Gasteiger charge is 2.75. The van der Waals surface area contributed by atoms with Crippen molar-refractivity contribution in [2.45, 2.75) is 17.9 Å². The minimum absolute atomic E-state index is 0.0128. The standard InChI is InChI=1S/C27H15ClF3NO5/c28-13-9-11-14(12-10-13)32-24(35)19-20(25(32)36)26(22(33)15-5-1-2-6-16(15)23(26)34)37-21(19)17-7-3-4-8-18(17)27(29,30)31/h1-12,19-21H/t19-,20+,21+/m1/s1. The Labute approximate surface area is 212 Å². The summed E-state index contributed by atoms with van der Waals surface area (Å²) < 4.78 is 47.9. The van der Waals surface area contributed by atoms with Crippen molar-refractivity contribution >= 4 is 40.7 Å². The fraction of sp³-hybridized carbons (Fsp3) is 0.185. The van der Waals surface area contributed by atoms with Crippen LogP contribution in [0.5, 0.6) is 0 Å². The van der Waals surface area contributed by atoms with Crippen molar-refractivity contribution in [1.29, 1.82) is 0 Å². The second kappa shape index (κ2) is 7.84. The molecule has 0 aromatic heterocycles. The summed E-state index contributed by atoms with van der Waals surface area (Å²) in [4.78, 5) is 55.8. The minimum Gasteiger partial charge on any atom is -0.349 e. The van der Waals surface area contributed by atoms with Crippen molar-refractivity contribution in [3.8, 4) is 0 Å². The molecule has 6 rings (SSSR count). The van der Waals surface area contributed by atoms with E-state index >= 15 is 0 Å². The SMILES string of the molecule is O=C1[C@@H]2[C@@H](C(=O)N1c1ccc(Cl)cc1)C1(O[C@H]2c2ccccc2C(F)(F)F)C(=O)c2ccccc2C1=O. The first kappa shape index (κ1) is 23.6. The van der Waals surface area contributed by atoms with Crippen LogP contribution in [0.25, 0.3) is 0 Å². The number of ketones is 2. The predicted octanol–water partition coefficient (Wildman–Crippen LogP) is 5.05. The van der Waals surface area contributed by atoms with Crippen molar-refractivity contribution in [3.05, 3.63) is 100 Å². The molecule has 186 valence electrons. The summed E-state index contributed by atoms with van der Waals surface area (Å²) in [5, 5.41) is 0.330. The number of hydrogen-bond acceptors (Lipinski definition) is 5. The molecule has 0 bridgehead atoms. The van der Waals surface area contributed by atoms with Gasteiger partial charge in [-0.15, -0.1) is 0 Å². The van der Waals surface area contributed by atoms with Gasteiger partial charge in [-0.3, -0.25) is 19.2 Å². The summed E-state index contributed by atoms with van der Waals surface area (Å²) in [7, 11) is 0. The lowest BCUT2D eigenvalue weighted by Gasteiger charge is -2.28. The molecular weight excluding hydrogens is 511 g/mol. The third kappa shape index (κ3) is 3.10. The Balaban J connectivity index is 1.57. The number of halogens is 4. The lowest BCUT2D eigenvalue weighted by Crippen LogP contribution is -2.51. The van der Waals surface area contributed by atoms with Gasteiger partial charge in [-0.05, 0) is 35.9 Å². The largest absolute Gasteiger partial charge is 0.416 e. The topological polar surface area (TPSA) is 80.8 Å². The Hall–Kier alpha value is -3.82. The molecule has 0 radical (unpaired) electrons. The number of imide groups is 1. The lowest BCUT2D eigenvalue weighted by atomic mass is 9.76. The molecular formula is C27H15ClF3NO5. The molecule has 2 amide bonds. The van der Waals surface area contributed by atoms with Gasteiger partial charge in [0.15, 0.2) is 0 Å². The second-order valence-electron chi connectivity index (χ2n) is 9.05. The molecule has 6 nitrogen and oxygen atoms in total. The summed E-state index contributed by atoms with van der Waals surface area (Å²) in [6.45, 7) is 0. The molecule has 3 aromatic rings. The molecule has 2 saturated heterocycles. The maximum Gasteiger partial charge on any atom is 0.416 e. The van der Waals surface area contributed by atoms with Crippen molar-refractivity contribution in [2.75, 3.05) is 4.90 Å². The van der Waals surface area contributed by atoms with Gasteiger partial charge >= 0.3 is 6.18 Å². The molecule has 3 aromatic carbocycles. The summed E-state index contributed by atoms with van der Waals surface area (Å²) in [5.41, 5.74) is -3.90. The van der Waals surface area contributed by atoms with Gasteiger partial charge in [0.1, 0.15) is 0 Å². The van der Waals surface area contributed by atoms with Crippen LogP contribution < -0.4 is 4.90 Å². The molecule has 37 heavy (non-hydrogen) atoms. The number of carbonyl (C=O) groups is 4. The zero-order valence-corrected chi connectivity index (χ0v) is 19.4. The summed E-state index contributed by atoms with van der Waals surface area (Å²) >= 11 is 5.93. The molecule has 1 spiro atoms. The van der Waals surface area contributed by atoms with Crippen LogP contribution in [0.1, 0.15) is 37.9 Å². The highest BCUT2D eigenvalue weighted by Crippen LogP contribution is 2.58. The number of nitrogens with zero attached hydrogens (tertiary/aromatic N) is 1. The second-order valence-corrected chi connectivity index (χ2v) is 9.49. The van der Waals surface area contributed by atoms with E-state index < -0.39 is 64.2 Å². The van der Waals surface area contributed by atoms with Gasteiger partial charge in [0.05, 0.1) is 29.2 Å². The number of fused-ring (bicyclic) bond motifs is 3. The average molecular weight is 526 g/mol. The average Bonchev–Trinajstić information content (AvgIpc) is 3.44. The van der Waals surface area contributed by atoms with Crippen LogP contribution in [0.15, 0.2) is 72.8 Å². The molecule has 3 atom stereocenters. The number of hydrogen-bond donors (Lipinski definition) is 0. The van der Waals surface area contributed by atoms with Crippen LogP contribution in [-0.2, 0) is 20.5 Å². The summed E-state index contributed by atoms with van der Waals surface area (Å²) in [5.74, 6) is -6.68. The molecule has 3 aliphatic rings. The highest BCUT2D eigenvalue weighted by molar-refractivity contribution is 6.37. The van der Waals surface area contributed by atoms with E-state index in [1.54, 1.807) is 0 Å². The first-order chi connectivity index (χ1) is 17.6. The van der Waals surface area contributed by atoms with Crippen LogP contribution in [0.3, 0.4) is 0 Å². The Morgan fingerprint density at radius 2 is 1.35 bits per heavy atom. The van der Waals surface area contributed by atoms with Gasteiger partial charge in [-0.25, -0.2) is 4.90 Å². The molecule has 0 saturated carbocycles. The lowest BCUT2D eigenvalue weighted by molar-refractivity contribution is -0.141. The van der Waals surface area contributed by atoms with Crippen LogP contribution >= 0.6 is 11.6 Å². The van der Waals surface area contributed by atoms with Gasteiger partial charge in [0.2, 0.25) is 29.0 Å². The molecule has 0 unspecified atom stereocenters. The van der Waals surface area contributed by atoms with Crippen LogP contribution in [0, 0.1) is 11.8 Å². The summed E-state index contributed by atoms with van der Waals surface area (Å²) in [6.07, 6.45) is -6.50. The Bertz CT molecular complexity index is 1480. The fourth-order valence-corrected chi connectivity index (χ4v) is 5.77. The first-order valence-electron chi connectivity index (χ1n) is 11.2. The highest BCUT2D eigenvalue weighted by atomic mass is 35.5. The minimum atomic E-state index is -4.82. The Kier molecular flexibility index (Phi) is 4.99. The number of alkyl halides is 3. The normalized spacial score (nSPS) is 24.2. The first-order valence-corrected chi connectivity index (χ1v) is 11.6. The van der Waals surface area contributed by atoms with E-state index in [-0.39, 0.29) is 16.8 Å². The third-order valence-electron chi connectivity index (χ3n) is 7.18. The van der Waals surface area contributed by atoms with Crippen molar-refractivity contribution in [1.82, 2.24) is 0 Å². The number of carbonyl (C=O) groups excluding carboxylic acids is 4. The zero-order valence-electron chi connectivity index (χ0n) is 18.7. The smallest absolute Gasteiger partial charge is 0.349 e. The molecule has 2 aliphatic heterocycles. The van der Waals surface area contributed by atoms with Crippen LogP contribution in [0.4, 0.5) is 18.9 Å². The molecule has 0 N–H and O–H groups in total. The van der Waals surface area contributed by atoms with Crippen LogP contribution in [-0.4, -0.2) is 29.0 Å². The van der Waals surface area contributed by atoms with E-state index in [2.05, 4.69) is 0 Å². The van der Waals surface area contributed by atoms with Crippen molar-refractivity contribution < 1.29 is 37.1 Å². The quantitative estimate of drug-likeness (QED) is 0.345. The summed E-state index contributed by atoms with van der Waals surface area (Å²) in [6, 6.07) is 16.0. The monoisotopic (exact) mass is 525 g/mol. The molecule has 2 heterocycles. The Morgan fingerprint density at radius 1 is 0.784 bits per heavy atom. The van der Waals surface area contributed by atoms with E-state index in [1.165, 1.54) is 60.7 Å². The third-order valence-corrected chi connectivity index (χ3v) is 7.43. The maximum absolute atomic E-state index is 14.0. The van der Waals surface area contributed by atoms with E-state index in [0.717, 1.165) is 17.0 Å². The fourth-order valence-electron chi connectivity index (χ4n) is 5.65. The number of anilines is 1. The number of ether oxygens (including phenoxy) is 1. The maximum atomic E-state index is 14.0. The van der Waals surface area contributed by atoms with Gasteiger partial charge < -0.3 is 4.74 Å². The van der Waals surface area contributed by atoms with Crippen molar-refractivity contribution in [3.63, 3.8) is 0 Å². The van der Waals surface area contributed by atoms with Gasteiger partial charge in [-0.2, -0.15) is 13.2 Å². The number of amides is 2. The molecule has 1 aliphatic carbocycles. The Morgan fingerprint density at radius 3 is 1.95 bits per heavy atom. The van der Waals surface area contributed by atoms with Crippen LogP contribution in [0.2, 0.25) is 5.02 Å². The predicted molar refractivity (Wildman–Crippen MR) is 124 cm³/mol. The van der Waals surface area contributed by atoms with E-state index in [4.69, 9.17) is 16.3 Å². The zero-order chi connectivity index (χ0) is 26.3. The van der Waals surface area contributed by atoms with Gasteiger partial charge in [-0.1, -0.05) is 54.1 Å². The molecule has 2 fully saturated rings. The molecule has 10 heteroatoms. The van der Waals surface area contributed by atoms with E-state index in [9.17, 15) is 32.3 Å². The number of Topliss-reactive ketones (excluding diaryl/α,β-unsaturated/α-hetero) is 2. The van der Waals surface area contributed by atoms with E-state index in [1.807, 2.05) is 0 Å². The van der Waals surface area contributed by atoms with Gasteiger partial charge in [0, 0.05) is 16.1 Å². The van der Waals surface area contributed by atoms with Gasteiger partial charge in [0.25, 0.3) is 0 Å². The van der Waals surface area contributed by atoms with E-state index in [0.29, 0.717) is 5.02 Å². The van der Waals surface area contributed by atoms with Crippen molar-refractivity contribution in [2.24, 2.45) is 11.8 Å².